The van der Waals surface area contributed by atoms with Gasteiger partial charge < -0.3 is 4.48 Å². The molecule has 0 aliphatic heterocycles. The number of rotatable bonds is 6. The standard InChI is InChI=1S/C8H20NO2/c1-5-7-10-11-8-6-9(2,3)4/h5-8H2,1-4H3/q+1. The fourth-order valence-corrected chi connectivity index (χ4v) is 0.512. The normalized spacial score (nSPS) is 12.0. The van der Waals surface area contributed by atoms with Crippen molar-refractivity contribution in [3.8, 4) is 0 Å². The third-order valence-corrected chi connectivity index (χ3v) is 1.22. The lowest BCUT2D eigenvalue weighted by atomic mass is 10.5. The van der Waals surface area contributed by atoms with E-state index in [1.54, 1.807) is 0 Å². The second kappa shape index (κ2) is 5.52. The van der Waals surface area contributed by atoms with Crippen molar-refractivity contribution in [2.24, 2.45) is 0 Å². The van der Waals surface area contributed by atoms with Crippen LogP contribution < -0.4 is 0 Å². The van der Waals surface area contributed by atoms with Gasteiger partial charge in [-0.3, -0.25) is 0 Å². The molecule has 0 aliphatic rings. The van der Waals surface area contributed by atoms with Crippen molar-refractivity contribution in [2.45, 2.75) is 13.3 Å². The number of nitrogens with zero attached hydrogens (tertiary/aromatic N) is 1. The average Bonchev–Trinajstić information content (AvgIpc) is 1.85. The van der Waals surface area contributed by atoms with Crippen LogP contribution in [0.4, 0.5) is 0 Å². The molecule has 3 heteroatoms. The highest BCUT2D eigenvalue weighted by molar-refractivity contribution is 4.23. The summed E-state index contributed by atoms with van der Waals surface area (Å²) in [5, 5.41) is 0. The Labute approximate surface area is 69.4 Å². The predicted octanol–water partition coefficient (Wildman–Crippen LogP) is 1.05. The summed E-state index contributed by atoms with van der Waals surface area (Å²) < 4.78 is 0.912. The maximum Gasteiger partial charge on any atom is 0.131 e. The largest absolute Gasteiger partial charge is 0.329 e. The molecule has 0 amide bonds. The maximum atomic E-state index is 4.93. The highest BCUT2D eigenvalue weighted by Crippen LogP contribution is 1.90. The van der Waals surface area contributed by atoms with Crippen LogP contribution in [0.5, 0.6) is 0 Å². The Morgan fingerprint density at radius 2 is 1.55 bits per heavy atom. The molecule has 0 saturated heterocycles. The molecule has 0 saturated carbocycles. The first-order valence-corrected chi connectivity index (χ1v) is 4.11. The molecule has 0 heterocycles. The number of hydrogen-bond donors (Lipinski definition) is 0. The zero-order valence-corrected chi connectivity index (χ0v) is 8.09. The van der Waals surface area contributed by atoms with Gasteiger partial charge in [0, 0.05) is 0 Å². The first kappa shape index (κ1) is 10.9. The van der Waals surface area contributed by atoms with E-state index in [-0.39, 0.29) is 0 Å². The summed E-state index contributed by atoms with van der Waals surface area (Å²) in [5.74, 6) is 0. The summed E-state index contributed by atoms with van der Waals surface area (Å²) in [6.07, 6.45) is 1.00. The second-order valence-corrected chi connectivity index (χ2v) is 3.66. The third kappa shape index (κ3) is 9.88. The van der Waals surface area contributed by atoms with E-state index in [0.717, 1.165) is 17.4 Å². The zero-order valence-electron chi connectivity index (χ0n) is 8.09. The Balaban J connectivity index is 3.02. The Bertz CT molecular complexity index is 88.6. The molecule has 0 N–H and O–H groups in total. The fraction of sp³-hybridized carbons (Fsp3) is 1.00. The Hall–Kier alpha value is -0.120. The third-order valence-electron chi connectivity index (χ3n) is 1.22. The SMILES string of the molecule is CCCOOCC[N+](C)(C)C. The average molecular weight is 162 g/mol. The van der Waals surface area contributed by atoms with Crippen LogP contribution in [0, 0.1) is 0 Å². The summed E-state index contributed by atoms with van der Waals surface area (Å²) >= 11 is 0. The van der Waals surface area contributed by atoms with Gasteiger partial charge in [-0.05, 0) is 6.42 Å². The van der Waals surface area contributed by atoms with E-state index in [1.165, 1.54) is 0 Å². The molecule has 0 aromatic carbocycles. The molecule has 0 radical (unpaired) electrons. The lowest BCUT2D eigenvalue weighted by Crippen LogP contribution is -2.37. The van der Waals surface area contributed by atoms with Crippen molar-refractivity contribution in [1.29, 1.82) is 0 Å². The summed E-state index contributed by atoms with van der Waals surface area (Å²) in [7, 11) is 6.38. The number of likely N-dealkylation sites (N-methyl/N-ethyl adjacent to an activating group) is 1. The molecule has 0 aromatic heterocycles. The zero-order chi connectivity index (χ0) is 8.74. The molecule has 0 aliphatic carbocycles. The van der Waals surface area contributed by atoms with Gasteiger partial charge in [0.05, 0.1) is 27.7 Å². The van der Waals surface area contributed by atoms with Crippen LogP contribution in [0.3, 0.4) is 0 Å². The minimum Gasteiger partial charge on any atom is -0.329 e. The Kier molecular flexibility index (Phi) is 5.46. The van der Waals surface area contributed by atoms with E-state index < -0.39 is 0 Å². The van der Waals surface area contributed by atoms with Crippen LogP contribution in [-0.2, 0) is 9.78 Å². The van der Waals surface area contributed by atoms with Gasteiger partial charge in [-0.1, -0.05) is 6.92 Å². The Morgan fingerprint density at radius 1 is 1.00 bits per heavy atom. The topological polar surface area (TPSA) is 18.5 Å². The molecular formula is C8H20NO2+. The molecule has 0 bridgehead atoms. The van der Waals surface area contributed by atoms with Crippen molar-refractivity contribution in [3.05, 3.63) is 0 Å². The van der Waals surface area contributed by atoms with Crippen LogP contribution in [0.25, 0.3) is 0 Å². The van der Waals surface area contributed by atoms with Gasteiger partial charge in [-0.25, -0.2) is 9.78 Å². The molecule has 0 aromatic rings. The van der Waals surface area contributed by atoms with Gasteiger partial charge in [0.15, 0.2) is 0 Å². The first-order chi connectivity index (χ1) is 5.06. The van der Waals surface area contributed by atoms with Crippen molar-refractivity contribution >= 4 is 0 Å². The molecule has 0 unspecified atom stereocenters. The highest BCUT2D eigenvalue weighted by Gasteiger charge is 2.05. The minimum atomic E-state index is 0.670. The first-order valence-electron chi connectivity index (χ1n) is 4.11. The van der Waals surface area contributed by atoms with E-state index in [4.69, 9.17) is 9.78 Å². The van der Waals surface area contributed by atoms with E-state index in [2.05, 4.69) is 28.1 Å². The predicted molar refractivity (Wildman–Crippen MR) is 45.1 cm³/mol. The van der Waals surface area contributed by atoms with Crippen molar-refractivity contribution < 1.29 is 14.3 Å². The molecule has 0 rings (SSSR count). The lowest BCUT2D eigenvalue weighted by molar-refractivity contribution is -0.871. The monoisotopic (exact) mass is 162 g/mol. The van der Waals surface area contributed by atoms with Crippen LogP contribution in [0.1, 0.15) is 13.3 Å². The molecule has 68 valence electrons. The fourth-order valence-electron chi connectivity index (χ4n) is 0.512. The molecule has 0 fully saturated rings. The van der Waals surface area contributed by atoms with Crippen LogP contribution in [0.2, 0.25) is 0 Å². The van der Waals surface area contributed by atoms with Gasteiger partial charge >= 0.3 is 0 Å². The van der Waals surface area contributed by atoms with E-state index in [9.17, 15) is 0 Å². The van der Waals surface area contributed by atoms with Crippen molar-refractivity contribution in [3.63, 3.8) is 0 Å². The van der Waals surface area contributed by atoms with Gasteiger partial charge in [0.25, 0.3) is 0 Å². The van der Waals surface area contributed by atoms with Crippen molar-refractivity contribution in [1.82, 2.24) is 0 Å². The molecule has 3 nitrogen and oxygen atoms in total. The maximum absolute atomic E-state index is 4.93. The van der Waals surface area contributed by atoms with E-state index in [0.29, 0.717) is 13.2 Å². The van der Waals surface area contributed by atoms with E-state index in [1.807, 2.05) is 0 Å². The molecule has 0 spiro atoms. The molecule has 11 heavy (non-hydrogen) atoms. The highest BCUT2D eigenvalue weighted by atomic mass is 17.2. The van der Waals surface area contributed by atoms with Crippen LogP contribution in [0.15, 0.2) is 0 Å². The molecular weight excluding hydrogens is 142 g/mol. The van der Waals surface area contributed by atoms with E-state index >= 15 is 0 Å². The summed E-state index contributed by atoms with van der Waals surface area (Å²) in [6, 6.07) is 0. The molecule has 0 atom stereocenters. The van der Waals surface area contributed by atoms with Gasteiger partial charge in [0.1, 0.15) is 13.2 Å². The van der Waals surface area contributed by atoms with Crippen LogP contribution >= 0.6 is 0 Å². The summed E-state index contributed by atoms with van der Waals surface area (Å²) in [6.45, 7) is 4.40. The lowest BCUT2D eigenvalue weighted by Gasteiger charge is -2.22. The quantitative estimate of drug-likeness (QED) is 0.251. The Morgan fingerprint density at radius 3 is 2.00 bits per heavy atom. The number of quaternary nitrogens is 1. The van der Waals surface area contributed by atoms with Gasteiger partial charge in [-0.15, -0.1) is 0 Å². The van der Waals surface area contributed by atoms with Crippen LogP contribution in [-0.4, -0.2) is 45.4 Å². The van der Waals surface area contributed by atoms with Crippen molar-refractivity contribution in [2.75, 3.05) is 40.9 Å². The van der Waals surface area contributed by atoms with Gasteiger partial charge in [0.2, 0.25) is 0 Å². The second-order valence-electron chi connectivity index (χ2n) is 3.66. The smallest absolute Gasteiger partial charge is 0.131 e. The van der Waals surface area contributed by atoms with Gasteiger partial charge in [-0.2, -0.15) is 0 Å². The summed E-state index contributed by atoms with van der Waals surface area (Å²) in [4.78, 5) is 9.80. The summed E-state index contributed by atoms with van der Waals surface area (Å²) in [5.41, 5.74) is 0. The minimum absolute atomic E-state index is 0.670. The number of hydrogen-bond acceptors (Lipinski definition) is 2.